The van der Waals surface area contributed by atoms with Crippen molar-refractivity contribution in [3.63, 3.8) is 0 Å². The van der Waals surface area contributed by atoms with Gasteiger partial charge in [0.25, 0.3) is 5.91 Å². The van der Waals surface area contributed by atoms with Crippen molar-refractivity contribution >= 4 is 5.91 Å². The number of rotatable bonds is 6. The Kier molecular flexibility index (Phi) is 5.49. The van der Waals surface area contributed by atoms with Crippen molar-refractivity contribution in [3.8, 4) is 0 Å². The summed E-state index contributed by atoms with van der Waals surface area (Å²) in [7, 11) is 0. The lowest BCUT2D eigenvalue weighted by Crippen LogP contribution is -2.39. The van der Waals surface area contributed by atoms with Crippen LogP contribution in [0.25, 0.3) is 0 Å². The van der Waals surface area contributed by atoms with Crippen LogP contribution in [-0.4, -0.2) is 23.7 Å². The molecular formula is C17H20N2O2. The summed E-state index contributed by atoms with van der Waals surface area (Å²) in [5, 5.41) is 12.3. The normalized spacial score (nSPS) is 11.9. The van der Waals surface area contributed by atoms with Crippen molar-refractivity contribution in [1.82, 2.24) is 5.32 Å². The van der Waals surface area contributed by atoms with Gasteiger partial charge in [-0.05, 0) is 29.7 Å². The van der Waals surface area contributed by atoms with Crippen LogP contribution in [-0.2, 0) is 13.0 Å². The number of nitrogens with two attached hydrogens (primary N) is 1. The van der Waals surface area contributed by atoms with Crippen LogP contribution in [0.2, 0.25) is 0 Å². The minimum absolute atomic E-state index is 0.0957. The van der Waals surface area contributed by atoms with E-state index < -0.39 is 0 Å². The molecule has 0 aromatic heterocycles. The van der Waals surface area contributed by atoms with Crippen LogP contribution >= 0.6 is 0 Å². The van der Waals surface area contributed by atoms with Gasteiger partial charge in [-0.3, -0.25) is 4.79 Å². The first kappa shape index (κ1) is 15.2. The van der Waals surface area contributed by atoms with Crippen LogP contribution in [0, 0.1) is 0 Å². The van der Waals surface area contributed by atoms with E-state index in [2.05, 4.69) is 5.32 Å². The standard InChI is InChI=1S/C17H20N2O2/c18-11-14-6-8-15(9-7-14)17(21)19-16(12-20)10-13-4-2-1-3-5-13/h1-9,16,20H,10-12,18H2,(H,19,21)/t16-/m1/s1. The molecule has 21 heavy (non-hydrogen) atoms. The molecule has 0 aliphatic rings. The summed E-state index contributed by atoms with van der Waals surface area (Å²) < 4.78 is 0. The molecule has 2 aromatic rings. The van der Waals surface area contributed by atoms with Gasteiger partial charge in [-0.25, -0.2) is 0 Å². The number of carbonyl (C=O) groups is 1. The lowest BCUT2D eigenvalue weighted by molar-refractivity contribution is 0.0916. The number of carbonyl (C=O) groups excluding carboxylic acids is 1. The summed E-state index contributed by atoms with van der Waals surface area (Å²) >= 11 is 0. The van der Waals surface area contributed by atoms with Crippen LogP contribution in [0.1, 0.15) is 21.5 Å². The summed E-state index contributed by atoms with van der Waals surface area (Å²) in [6.45, 7) is 0.358. The van der Waals surface area contributed by atoms with Crippen LogP contribution in [0.15, 0.2) is 54.6 Å². The molecule has 0 fully saturated rings. The van der Waals surface area contributed by atoms with Crippen molar-refractivity contribution in [1.29, 1.82) is 0 Å². The molecule has 2 aromatic carbocycles. The second-order valence-corrected chi connectivity index (χ2v) is 4.94. The second kappa shape index (κ2) is 7.57. The SMILES string of the molecule is NCc1ccc(C(=O)N[C@@H](CO)Cc2ccccc2)cc1. The van der Waals surface area contributed by atoms with Gasteiger partial charge in [-0.2, -0.15) is 0 Å². The molecular weight excluding hydrogens is 264 g/mol. The molecule has 0 heterocycles. The molecule has 2 rings (SSSR count). The molecule has 4 nitrogen and oxygen atoms in total. The van der Waals surface area contributed by atoms with Crippen LogP contribution < -0.4 is 11.1 Å². The van der Waals surface area contributed by atoms with Crippen molar-refractivity contribution in [3.05, 3.63) is 71.3 Å². The molecule has 1 atom stereocenters. The molecule has 1 amide bonds. The zero-order valence-corrected chi connectivity index (χ0v) is 11.8. The van der Waals surface area contributed by atoms with E-state index in [9.17, 15) is 9.90 Å². The molecule has 0 spiro atoms. The molecule has 0 radical (unpaired) electrons. The van der Waals surface area contributed by atoms with Gasteiger partial charge in [-0.1, -0.05) is 42.5 Å². The van der Waals surface area contributed by atoms with Crippen LogP contribution in [0.5, 0.6) is 0 Å². The number of hydrogen-bond donors (Lipinski definition) is 3. The first-order valence-electron chi connectivity index (χ1n) is 6.97. The van der Waals surface area contributed by atoms with Crippen molar-refractivity contribution in [2.24, 2.45) is 5.73 Å². The van der Waals surface area contributed by atoms with E-state index in [-0.39, 0.29) is 18.6 Å². The lowest BCUT2D eigenvalue weighted by Gasteiger charge is -2.16. The first-order valence-corrected chi connectivity index (χ1v) is 6.97. The molecule has 4 N–H and O–H groups in total. The molecule has 0 unspecified atom stereocenters. The Hall–Kier alpha value is -2.17. The number of benzene rings is 2. The molecule has 4 heteroatoms. The Balaban J connectivity index is 1.98. The lowest BCUT2D eigenvalue weighted by atomic mass is 10.1. The zero-order valence-electron chi connectivity index (χ0n) is 11.8. The molecule has 0 saturated heterocycles. The zero-order chi connectivity index (χ0) is 15.1. The molecule has 0 aliphatic carbocycles. The predicted octanol–water partition coefficient (Wildman–Crippen LogP) is 1.48. The van der Waals surface area contributed by atoms with Gasteiger partial charge in [0.05, 0.1) is 12.6 Å². The maximum absolute atomic E-state index is 12.2. The minimum atomic E-state index is -0.297. The fourth-order valence-corrected chi connectivity index (χ4v) is 2.12. The van der Waals surface area contributed by atoms with Crippen molar-refractivity contribution < 1.29 is 9.90 Å². The van der Waals surface area contributed by atoms with E-state index in [4.69, 9.17) is 5.73 Å². The van der Waals surface area contributed by atoms with Gasteiger partial charge >= 0.3 is 0 Å². The Labute approximate surface area is 124 Å². The number of aliphatic hydroxyl groups is 1. The van der Waals surface area contributed by atoms with Gasteiger partial charge in [-0.15, -0.1) is 0 Å². The van der Waals surface area contributed by atoms with Gasteiger partial charge in [0.2, 0.25) is 0 Å². The van der Waals surface area contributed by atoms with Gasteiger partial charge in [0, 0.05) is 12.1 Å². The van der Waals surface area contributed by atoms with E-state index in [1.54, 1.807) is 12.1 Å². The van der Waals surface area contributed by atoms with E-state index in [1.165, 1.54) is 0 Å². The predicted molar refractivity (Wildman–Crippen MR) is 82.8 cm³/mol. The first-order chi connectivity index (χ1) is 10.2. The number of hydrogen-bond acceptors (Lipinski definition) is 3. The van der Waals surface area contributed by atoms with E-state index in [1.807, 2.05) is 42.5 Å². The Morgan fingerprint density at radius 3 is 2.29 bits per heavy atom. The smallest absolute Gasteiger partial charge is 0.251 e. The average Bonchev–Trinajstić information content (AvgIpc) is 2.55. The molecule has 0 saturated carbocycles. The van der Waals surface area contributed by atoms with Gasteiger partial charge < -0.3 is 16.2 Å². The molecule has 110 valence electrons. The van der Waals surface area contributed by atoms with Crippen LogP contribution in [0.3, 0.4) is 0 Å². The highest BCUT2D eigenvalue weighted by Gasteiger charge is 2.13. The maximum atomic E-state index is 12.2. The van der Waals surface area contributed by atoms with Gasteiger partial charge in [0.15, 0.2) is 0 Å². The third-order valence-corrected chi connectivity index (χ3v) is 3.33. The third-order valence-electron chi connectivity index (χ3n) is 3.33. The minimum Gasteiger partial charge on any atom is -0.394 e. The quantitative estimate of drug-likeness (QED) is 0.752. The van der Waals surface area contributed by atoms with Gasteiger partial charge in [0.1, 0.15) is 0 Å². The monoisotopic (exact) mass is 284 g/mol. The Morgan fingerprint density at radius 2 is 1.71 bits per heavy atom. The van der Waals surface area contributed by atoms with Crippen molar-refractivity contribution in [2.45, 2.75) is 19.0 Å². The number of aliphatic hydroxyl groups excluding tert-OH is 1. The fourth-order valence-electron chi connectivity index (χ4n) is 2.12. The summed E-state index contributed by atoms with van der Waals surface area (Å²) in [5.74, 6) is -0.187. The highest BCUT2D eigenvalue weighted by atomic mass is 16.3. The second-order valence-electron chi connectivity index (χ2n) is 4.94. The van der Waals surface area contributed by atoms with E-state index in [0.717, 1.165) is 11.1 Å². The van der Waals surface area contributed by atoms with E-state index >= 15 is 0 Å². The van der Waals surface area contributed by atoms with Crippen molar-refractivity contribution in [2.75, 3.05) is 6.61 Å². The number of nitrogens with one attached hydrogen (secondary N) is 1. The largest absolute Gasteiger partial charge is 0.394 e. The third kappa shape index (κ3) is 4.41. The summed E-state index contributed by atoms with van der Waals surface area (Å²) in [5.41, 5.74) is 8.16. The summed E-state index contributed by atoms with van der Waals surface area (Å²) in [4.78, 5) is 12.2. The topological polar surface area (TPSA) is 75.4 Å². The highest BCUT2D eigenvalue weighted by Crippen LogP contribution is 2.06. The summed E-state index contributed by atoms with van der Waals surface area (Å²) in [6.07, 6.45) is 0.601. The fraction of sp³-hybridized carbons (Fsp3) is 0.235. The summed E-state index contributed by atoms with van der Waals surface area (Å²) in [6, 6.07) is 16.6. The Morgan fingerprint density at radius 1 is 1.05 bits per heavy atom. The molecule has 0 aliphatic heterocycles. The maximum Gasteiger partial charge on any atom is 0.251 e. The Bertz CT molecular complexity index is 567. The number of amides is 1. The average molecular weight is 284 g/mol. The molecule has 0 bridgehead atoms. The highest BCUT2D eigenvalue weighted by molar-refractivity contribution is 5.94. The van der Waals surface area contributed by atoms with Crippen LogP contribution in [0.4, 0.5) is 0 Å². The van der Waals surface area contributed by atoms with E-state index in [0.29, 0.717) is 18.5 Å².